The van der Waals surface area contributed by atoms with E-state index in [2.05, 4.69) is 30.1 Å². The lowest BCUT2D eigenvalue weighted by molar-refractivity contribution is 0.0564. The predicted molar refractivity (Wildman–Crippen MR) is 131 cm³/mol. The van der Waals surface area contributed by atoms with Crippen LogP contribution in [-0.4, -0.2) is 69.3 Å². The molecule has 2 saturated heterocycles. The minimum absolute atomic E-state index is 0.0651. The van der Waals surface area contributed by atoms with E-state index in [0.717, 1.165) is 51.8 Å². The SMILES string of the molecule is CC1(C)CC(=O)c2sc(N3CCOCC3)c(-c3cccc(NC(=O)N4CCOCC4)c3)c2C1. The number of nitrogens with one attached hydrogen (secondary N) is 1. The number of amides is 2. The molecule has 2 aliphatic heterocycles. The molecule has 1 N–H and O–H groups in total. The lowest BCUT2D eigenvalue weighted by atomic mass is 9.75. The van der Waals surface area contributed by atoms with Crippen LogP contribution in [0.1, 0.15) is 35.5 Å². The quantitative estimate of drug-likeness (QED) is 0.727. The number of anilines is 2. The summed E-state index contributed by atoms with van der Waals surface area (Å²) in [6, 6.07) is 7.92. The summed E-state index contributed by atoms with van der Waals surface area (Å²) in [5.41, 5.74) is 4.03. The van der Waals surface area contributed by atoms with E-state index in [-0.39, 0.29) is 17.2 Å². The molecule has 0 radical (unpaired) electrons. The maximum Gasteiger partial charge on any atom is 0.321 e. The molecule has 2 aromatic rings. The van der Waals surface area contributed by atoms with Crippen molar-refractivity contribution >= 4 is 33.8 Å². The van der Waals surface area contributed by atoms with Crippen LogP contribution in [0.25, 0.3) is 11.1 Å². The largest absolute Gasteiger partial charge is 0.378 e. The van der Waals surface area contributed by atoms with E-state index in [1.165, 1.54) is 0 Å². The third kappa shape index (κ3) is 4.65. The zero-order valence-electron chi connectivity index (χ0n) is 19.3. The Morgan fingerprint density at radius 1 is 1.03 bits per heavy atom. The highest BCUT2D eigenvalue weighted by atomic mass is 32.1. The van der Waals surface area contributed by atoms with Gasteiger partial charge in [0.05, 0.1) is 36.3 Å². The number of hydrogen-bond acceptors (Lipinski definition) is 6. The molecule has 0 saturated carbocycles. The Balaban J connectivity index is 1.52. The number of carbonyl (C=O) groups is 2. The zero-order chi connectivity index (χ0) is 23.0. The minimum Gasteiger partial charge on any atom is -0.378 e. The highest BCUT2D eigenvalue weighted by Crippen LogP contribution is 2.49. The smallest absolute Gasteiger partial charge is 0.321 e. The van der Waals surface area contributed by atoms with E-state index in [9.17, 15) is 9.59 Å². The van der Waals surface area contributed by atoms with Crippen LogP contribution in [0.2, 0.25) is 0 Å². The van der Waals surface area contributed by atoms with Crippen LogP contribution in [0, 0.1) is 5.41 Å². The second-order valence-corrected chi connectivity index (χ2v) is 10.7. The van der Waals surface area contributed by atoms with Gasteiger partial charge in [-0.05, 0) is 35.1 Å². The lowest BCUT2D eigenvalue weighted by Gasteiger charge is -2.30. The van der Waals surface area contributed by atoms with Crippen molar-refractivity contribution in [3.63, 3.8) is 0 Å². The van der Waals surface area contributed by atoms with Gasteiger partial charge in [-0.1, -0.05) is 26.0 Å². The first-order chi connectivity index (χ1) is 15.9. The van der Waals surface area contributed by atoms with E-state index < -0.39 is 0 Å². The molecule has 1 aliphatic carbocycles. The van der Waals surface area contributed by atoms with Gasteiger partial charge in [0.25, 0.3) is 0 Å². The number of nitrogens with zero attached hydrogens (tertiary/aromatic N) is 2. The van der Waals surface area contributed by atoms with Crippen LogP contribution in [0.4, 0.5) is 15.5 Å². The molecule has 3 heterocycles. The van der Waals surface area contributed by atoms with Gasteiger partial charge in [-0.3, -0.25) is 4.79 Å². The number of rotatable bonds is 3. The van der Waals surface area contributed by atoms with Gasteiger partial charge in [-0.15, -0.1) is 11.3 Å². The Morgan fingerprint density at radius 2 is 1.73 bits per heavy atom. The number of carbonyl (C=O) groups excluding carboxylic acids is 2. The molecule has 7 nitrogen and oxygen atoms in total. The predicted octanol–water partition coefficient (Wildman–Crippen LogP) is 4.27. The zero-order valence-corrected chi connectivity index (χ0v) is 20.1. The standard InChI is InChI=1S/C25H31N3O4S/c1-25(2)15-19-21(23(27-6-10-31-11-7-27)33-22(19)20(29)16-25)17-4-3-5-18(14-17)26-24(30)28-8-12-32-13-9-28/h3-5,14H,6-13,15-16H2,1-2H3,(H,26,30). The van der Waals surface area contributed by atoms with Gasteiger partial charge >= 0.3 is 6.03 Å². The fraction of sp³-hybridized carbons (Fsp3) is 0.520. The van der Waals surface area contributed by atoms with Gasteiger partial charge in [0, 0.05) is 43.9 Å². The molecule has 1 aromatic heterocycles. The molecule has 2 amide bonds. The first kappa shape index (κ1) is 22.4. The highest BCUT2D eigenvalue weighted by molar-refractivity contribution is 7.19. The Hall–Kier alpha value is -2.42. The van der Waals surface area contributed by atoms with E-state index in [1.807, 2.05) is 18.2 Å². The average molecular weight is 470 g/mol. The van der Waals surface area contributed by atoms with Gasteiger partial charge in [0.1, 0.15) is 0 Å². The molecule has 0 spiro atoms. The van der Waals surface area contributed by atoms with Crippen molar-refractivity contribution < 1.29 is 19.1 Å². The molecule has 176 valence electrons. The van der Waals surface area contributed by atoms with E-state index in [0.29, 0.717) is 45.9 Å². The van der Waals surface area contributed by atoms with Crippen LogP contribution in [0.15, 0.2) is 24.3 Å². The molecule has 0 bridgehead atoms. The Kier molecular flexibility index (Phi) is 6.16. The third-order valence-corrected chi connectivity index (χ3v) is 7.87. The van der Waals surface area contributed by atoms with Gasteiger partial charge < -0.3 is 24.6 Å². The normalized spacial score (nSPS) is 20.5. The van der Waals surface area contributed by atoms with Gasteiger partial charge in [0.15, 0.2) is 5.78 Å². The number of fused-ring (bicyclic) bond motifs is 1. The molecule has 2 fully saturated rings. The highest BCUT2D eigenvalue weighted by Gasteiger charge is 2.37. The van der Waals surface area contributed by atoms with Gasteiger partial charge in [-0.2, -0.15) is 0 Å². The van der Waals surface area contributed by atoms with Gasteiger partial charge in [0.2, 0.25) is 0 Å². The summed E-state index contributed by atoms with van der Waals surface area (Å²) in [5, 5.41) is 4.20. The van der Waals surface area contributed by atoms with Crippen LogP contribution < -0.4 is 10.2 Å². The van der Waals surface area contributed by atoms with E-state index >= 15 is 0 Å². The molecule has 5 rings (SSSR count). The van der Waals surface area contributed by atoms with Crippen molar-refractivity contribution in [1.82, 2.24) is 4.90 Å². The summed E-state index contributed by atoms with van der Waals surface area (Å²) in [7, 11) is 0. The number of morpholine rings is 2. The van der Waals surface area contributed by atoms with Crippen molar-refractivity contribution in [2.24, 2.45) is 5.41 Å². The molecule has 0 unspecified atom stereocenters. The number of thiophene rings is 1. The summed E-state index contributed by atoms with van der Waals surface area (Å²) < 4.78 is 10.9. The monoisotopic (exact) mass is 469 g/mol. The number of Topliss-reactive ketones (excluding diaryl/α,β-unsaturated/α-hetero) is 1. The second kappa shape index (κ2) is 9.08. The summed E-state index contributed by atoms with van der Waals surface area (Å²) in [6.45, 7) is 9.70. The Labute approximate surface area is 198 Å². The van der Waals surface area contributed by atoms with Gasteiger partial charge in [-0.25, -0.2) is 4.79 Å². The minimum atomic E-state index is -0.104. The van der Waals surface area contributed by atoms with Crippen molar-refractivity contribution in [3.05, 3.63) is 34.7 Å². The van der Waals surface area contributed by atoms with Crippen molar-refractivity contribution in [3.8, 4) is 11.1 Å². The molecule has 33 heavy (non-hydrogen) atoms. The second-order valence-electron chi connectivity index (χ2n) is 9.74. The van der Waals surface area contributed by atoms with Crippen molar-refractivity contribution in [1.29, 1.82) is 0 Å². The molecule has 8 heteroatoms. The summed E-state index contributed by atoms with van der Waals surface area (Å²) in [4.78, 5) is 30.8. The number of benzene rings is 1. The van der Waals surface area contributed by atoms with Crippen molar-refractivity contribution in [2.75, 3.05) is 62.8 Å². The number of ether oxygens (including phenoxy) is 2. The summed E-state index contributed by atoms with van der Waals surface area (Å²) in [6.07, 6.45) is 1.45. The first-order valence-corrected chi connectivity index (χ1v) is 12.5. The molecule has 1 aromatic carbocycles. The maximum absolute atomic E-state index is 13.1. The average Bonchev–Trinajstić information content (AvgIpc) is 3.19. The van der Waals surface area contributed by atoms with Crippen LogP contribution in [0.3, 0.4) is 0 Å². The van der Waals surface area contributed by atoms with E-state index in [1.54, 1.807) is 16.2 Å². The molecular formula is C25H31N3O4S. The topological polar surface area (TPSA) is 71.1 Å². The van der Waals surface area contributed by atoms with Crippen molar-refractivity contribution in [2.45, 2.75) is 26.7 Å². The fourth-order valence-corrected chi connectivity index (χ4v) is 6.24. The molecular weight excluding hydrogens is 438 g/mol. The molecule has 3 aliphatic rings. The Bertz CT molecular complexity index is 1050. The third-order valence-electron chi connectivity index (χ3n) is 6.54. The fourth-order valence-electron chi connectivity index (χ4n) is 4.91. The maximum atomic E-state index is 13.1. The number of ketones is 1. The summed E-state index contributed by atoms with van der Waals surface area (Å²) in [5.74, 6) is 0.240. The van der Waals surface area contributed by atoms with Crippen LogP contribution in [-0.2, 0) is 15.9 Å². The number of urea groups is 1. The first-order valence-electron chi connectivity index (χ1n) is 11.7. The Morgan fingerprint density at radius 3 is 2.45 bits per heavy atom. The molecule has 0 atom stereocenters. The number of hydrogen-bond donors (Lipinski definition) is 1. The lowest BCUT2D eigenvalue weighted by Crippen LogP contribution is -2.43. The van der Waals surface area contributed by atoms with E-state index in [4.69, 9.17) is 9.47 Å². The summed E-state index contributed by atoms with van der Waals surface area (Å²) >= 11 is 1.63. The van der Waals surface area contributed by atoms with Crippen LogP contribution in [0.5, 0.6) is 0 Å². The van der Waals surface area contributed by atoms with Crippen LogP contribution >= 0.6 is 11.3 Å².